The van der Waals surface area contributed by atoms with Crippen LogP contribution in [0.1, 0.15) is 53.4 Å². The van der Waals surface area contributed by atoms with E-state index in [4.69, 9.17) is 5.11 Å². The fourth-order valence-corrected chi connectivity index (χ4v) is 2.12. The molecule has 2 nitrogen and oxygen atoms in total. The van der Waals surface area contributed by atoms with Crippen LogP contribution in [0.4, 0.5) is 0 Å². The van der Waals surface area contributed by atoms with Crippen LogP contribution in [0.3, 0.4) is 0 Å². The summed E-state index contributed by atoms with van der Waals surface area (Å²) in [6.07, 6.45) is 4.54. The monoisotopic (exact) mass is 215 g/mol. The number of aliphatic hydroxyl groups is 1. The summed E-state index contributed by atoms with van der Waals surface area (Å²) in [5, 5.41) is 8.80. The minimum Gasteiger partial charge on any atom is -0.396 e. The number of aliphatic hydroxyl groups excluding tert-OH is 1. The highest BCUT2D eigenvalue weighted by Gasteiger charge is 2.15. The smallest absolute Gasteiger partial charge is 0.0431 e. The average molecular weight is 215 g/mol. The molecule has 92 valence electrons. The first-order valence-corrected chi connectivity index (χ1v) is 6.50. The van der Waals surface area contributed by atoms with Crippen molar-refractivity contribution in [3.05, 3.63) is 0 Å². The number of unbranched alkanes of at least 4 members (excludes halogenated alkanes) is 1. The maximum Gasteiger partial charge on any atom is 0.0431 e. The van der Waals surface area contributed by atoms with Crippen LogP contribution in [0.15, 0.2) is 0 Å². The zero-order valence-corrected chi connectivity index (χ0v) is 11.0. The van der Waals surface area contributed by atoms with Crippen molar-refractivity contribution in [3.8, 4) is 0 Å². The lowest BCUT2D eigenvalue weighted by atomic mass is 10.1. The van der Waals surface area contributed by atoms with Crippen molar-refractivity contribution in [3.63, 3.8) is 0 Å². The van der Waals surface area contributed by atoms with E-state index >= 15 is 0 Å². The van der Waals surface area contributed by atoms with Gasteiger partial charge in [-0.3, -0.25) is 0 Å². The molecule has 2 heteroatoms. The Morgan fingerprint density at radius 3 is 2.07 bits per heavy atom. The van der Waals surface area contributed by atoms with Crippen LogP contribution in [0.5, 0.6) is 0 Å². The fourth-order valence-electron chi connectivity index (χ4n) is 2.12. The molecule has 0 aromatic rings. The second-order valence-electron chi connectivity index (χ2n) is 4.79. The van der Waals surface area contributed by atoms with Gasteiger partial charge in [0.2, 0.25) is 0 Å². The molecule has 0 heterocycles. The molecule has 0 atom stereocenters. The SMILES string of the molecule is CCC(CC)N(CCCCO)CC(C)C. The van der Waals surface area contributed by atoms with Crippen molar-refractivity contribution in [2.75, 3.05) is 19.7 Å². The Morgan fingerprint density at radius 1 is 1.07 bits per heavy atom. The minimum atomic E-state index is 0.332. The topological polar surface area (TPSA) is 23.5 Å². The summed E-state index contributed by atoms with van der Waals surface area (Å²) in [6.45, 7) is 11.8. The molecular weight excluding hydrogens is 186 g/mol. The van der Waals surface area contributed by atoms with Crippen molar-refractivity contribution in [1.29, 1.82) is 0 Å². The largest absolute Gasteiger partial charge is 0.396 e. The molecule has 0 bridgehead atoms. The summed E-state index contributed by atoms with van der Waals surface area (Å²) in [5.74, 6) is 0.736. The van der Waals surface area contributed by atoms with E-state index in [1.54, 1.807) is 0 Å². The van der Waals surface area contributed by atoms with E-state index in [1.165, 1.54) is 19.4 Å². The van der Waals surface area contributed by atoms with Gasteiger partial charge in [0.1, 0.15) is 0 Å². The fraction of sp³-hybridized carbons (Fsp3) is 1.00. The zero-order chi connectivity index (χ0) is 11.7. The Morgan fingerprint density at radius 2 is 1.67 bits per heavy atom. The van der Waals surface area contributed by atoms with Gasteiger partial charge in [-0.2, -0.15) is 0 Å². The molecule has 0 fully saturated rings. The summed E-state index contributed by atoms with van der Waals surface area (Å²) in [6, 6.07) is 0.728. The molecule has 0 radical (unpaired) electrons. The van der Waals surface area contributed by atoms with Gasteiger partial charge >= 0.3 is 0 Å². The second-order valence-corrected chi connectivity index (χ2v) is 4.79. The van der Waals surface area contributed by atoms with Crippen LogP contribution in [-0.4, -0.2) is 35.7 Å². The molecule has 0 saturated carbocycles. The molecular formula is C13H29NO. The number of rotatable bonds is 9. The second kappa shape index (κ2) is 9.17. The highest BCUT2D eigenvalue weighted by molar-refractivity contribution is 4.70. The van der Waals surface area contributed by atoms with Crippen LogP contribution < -0.4 is 0 Å². The van der Waals surface area contributed by atoms with E-state index in [1.807, 2.05) is 0 Å². The van der Waals surface area contributed by atoms with Crippen molar-refractivity contribution >= 4 is 0 Å². The Hall–Kier alpha value is -0.0800. The molecule has 1 N–H and O–H groups in total. The van der Waals surface area contributed by atoms with E-state index < -0.39 is 0 Å². The lowest BCUT2D eigenvalue weighted by molar-refractivity contribution is 0.158. The van der Waals surface area contributed by atoms with E-state index in [2.05, 4.69) is 32.6 Å². The average Bonchev–Trinajstić information content (AvgIpc) is 2.19. The van der Waals surface area contributed by atoms with Gasteiger partial charge in [0.15, 0.2) is 0 Å². The lowest BCUT2D eigenvalue weighted by Gasteiger charge is -2.31. The summed E-state index contributed by atoms with van der Waals surface area (Å²) >= 11 is 0. The number of hydrogen-bond donors (Lipinski definition) is 1. The van der Waals surface area contributed by atoms with Crippen molar-refractivity contribution in [2.24, 2.45) is 5.92 Å². The number of hydrogen-bond acceptors (Lipinski definition) is 2. The maximum absolute atomic E-state index is 8.80. The third kappa shape index (κ3) is 6.91. The third-order valence-electron chi connectivity index (χ3n) is 2.91. The van der Waals surface area contributed by atoms with E-state index in [0.29, 0.717) is 6.61 Å². The summed E-state index contributed by atoms with van der Waals surface area (Å²) in [7, 11) is 0. The molecule has 0 aliphatic carbocycles. The molecule has 0 aliphatic heterocycles. The van der Waals surface area contributed by atoms with Gasteiger partial charge < -0.3 is 10.0 Å². The molecule has 0 amide bonds. The van der Waals surface area contributed by atoms with Gasteiger partial charge in [0.05, 0.1) is 0 Å². The molecule has 0 aromatic heterocycles. The molecule has 0 spiro atoms. The molecule has 0 aliphatic rings. The van der Waals surface area contributed by atoms with E-state index in [0.717, 1.165) is 31.3 Å². The highest BCUT2D eigenvalue weighted by Crippen LogP contribution is 2.12. The minimum absolute atomic E-state index is 0.332. The molecule has 0 aromatic carbocycles. The van der Waals surface area contributed by atoms with Crippen LogP contribution in [0.25, 0.3) is 0 Å². The standard InChI is InChI=1S/C13H29NO/c1-5-13(6-2)14(11-12(3)4)9-7-8-10-15/h12-13,15H,5-11H2,1-4H3. The van der Waals surface area contributed by atoms with Crippen LogP contribution >= 0.6 is 0 Å². The predicted molar refractivity (Wildman–Crippen MR) is 67.1 cm³/mol. The van der Waals surface area contributed by atoms with Crippen LogP contribution in [-0.2, 0) is 0 Å². The lowest BCUT2D eigenvalue weighted by Crippen LogP contribution is -2.38. The summed E-state index contributed by atoms with van der Waals surface area (Å²) < 4.78 is 0. The Balaban J connectivity index is 4.03. The van der Waals surface area contributed by atoms with E-state index in [9.17, 15) is 0 Å². The quantitative estimate of drug-likeness (QED) is 0.598. The Labute approximate surface area is 95.7 Å². The van der Waals surface area contributed by atoms with Gasteiger partial charge in [-0.25, -0.2) is 0 Å². The summed E-state index contributed by atoms with van der Waals surface area (Å²) in [5.41, 5.74) is 0. The van der Waals surface area contributed by atoms with Crippen molar-refractivity contribution < 1.29 is 5.11 Å². The zero-order valence-electron chi connectivity index (χ0n) is 11.0. The first kappa shape index (κ1) is 14.9. The maximum atomic E-state index is 8.80. The predicted octanol–water partition coefficient (Wildman–Crippen LogP) is 2.91. The molecule has 0 unspecified atom stereocenters. The molecule has 15 heavy (non-hydrogen) atoms. The van der Waals surface area contributed by atoms with Gasteiger partial charge in [0.25, 0.3) is 0 Å². The third-order valence-corrected chi connectivity index (χ3v) is 2.91. The number of nitrogens with zero attached hydrogens (tertiary/aromatic N) is 1. The first-order valence-electron chi connectivity index (χ1n) is 6.50. The Bertz CT molecular complexity index is 132. The molecule has 0 saturated heterocycles. The van der Waals surface area contributed by atoms with E-state index in [-0.39, 0.29) is 0 Å². The van der Waals surface area contributed by atoms with Crippen molar-refractivity contribution in [2.45, 2.75) is 59.4 Å². The van der Waals surface area contributed by atoms with Gasteiger partial charge in [-0.05, 0) is 38.1 Å². The normalized spacial score (nSPS) is 12.0. The van der Waals surface area contributed by atoms with Crippen LogP contribution in [0, 0.1) is 5.92 Å². The van der Waals surface area contributed by atoms with Gasteiger partial charge in [-0.1, -0.05) is 27.7 Å². The molecule has 0 rings (SSSR count). The Kier molecular flexibility index (Phi) is 9.12. The van der Waals surface area contributed by atoms with Crippen LogP contribution in [0.2, 0.25) is 0 Å². The van der Waals surface area contributed by atoms with Gasteiger partial charge in [-0.15, -0.1) is 0 Å². The van der Waals surface area contributed by atoms with Gasteiger partial charge in [0, 0.05) is 19.2 Å². The summed E-state index contributed by atoms with van der Waals surface area (Å²) in [4.78, 5) is 2.60. The highest BCUT2D eigenvalue weighted by atomic mass is 16.2. The first-order chi connectivity index (χ1) is 7.15. The van der Waals surface area contributed by atoms with Crippen molar-refractivity contribution in [1.82, 2.24) is 4.90 Å².